The molecule has 22 heavy (non-hydrogen) atoms. The van der Waals surface area contributed by atoms with Crippen LogP contribution >= 0.6 is 0 Å². The van der Waals surface area contributed by atoms with E-state index in [0.29, 0.717) is 12.1 Å². The fourth-order valence-corrected chi connectivity index (χ4v) is 1.39. The summed E-state index contributed by atoms with van der Waals surface area (Å²) in [7, 11) is 1.33. The number of alkyl halides is 2. The number of nitrogens with zero attached hydrogens (tertiary/aromatic N) is 1. The third-order valence-corrected chi connectivity index (χ3v) is 2.32. The zero-order valence-electron chi connectivity index (χ0n) is 11.9. The number of methoxy groups -OCH3 is 1. The summed E-state index contributed by atoms with van der Waals surface area (Å²) in [4.78, 5) is 16.0. The van der Waals surface area contributed by atoms with E-state index < -0.39 is 6.61 Å². The Hall–Kier alpha value is -2.64. The molecule has 1 N–H and O–H groups in total. The van der Waals surface area contributed by atoms with Crippen LogP contribution in [-0.2, 0) is 9.63 Å². The van der Waals surface area contributed by atoms with Gasteiger partial charge in [0.15, 0.2) is 18.1 Å². The Morgan fingerprint density at radius 1 is 1.45 bits per heavy atom. The predicted molar refractivity (Wildman–Crippen MR) is 76.4 cm³/mol. The molecule has 8 heteroatoms. The quantitative estimate of drug-likeness (QED) is 0.430. The van der Waals surface area contributed by atoms with Gasteiger partial charge in [-0.2, -0.15) is 8.78 Å². The summed E-state index contributed by atoms with van der Waals surface area (Å²) < 4.78 is 33.6. The number of oxime groups is 1. The van der Waals surface area contributed by atoms with Crippen LogP contribution in [0.5, 0.6) is 11.5 Å². The van der Waals surface area contributed by atoms with E-state index in [2.05, 4.69) is 21.8 Å². The molecule has 0 bridgehead atoms. The van der Waals surface area contributed by atoms with Crippen molar-refractivity contribution >= 4 is 12.1 Å². The smallest absolute Gasteiger partial charge is 0.387 e. The van der Waals surface area contributed by atoms with Gasteiger partial charge >= 0.3 is 6.61 Å². The Morgan fingerprint density at radius 2 is 2.23 bits per heavy atom. The molecular weight excluding hydrogens is 298 g/mol. The second-order valence-corrected chi connectivity index (χ2v) is 3.89. The highest BCUT2D eigenvalue weighted by Crippen LogP contribution is 2.28. The molecule has 6 nitrogen and oxygen atoms in total. The van der Waals surface area contributed by atoms with E-state index in [4.69, 9.17) is 9.57 Å². The van der Waals surface area contributed by atoms with Gasteiger partial charge in [0.2, 0.25) is 0 Å². The first kappa shape index (κ1) is 17.4. The molecule has 0 radical (unpaired) electrons. The number of amides is 1. The molecule has 0 saturated heterocycles. The van der Waals surface area contributed by atoms with E-state index in [1.54, 1.807) is 0 Å². The van der Waals surface area contributed by atoms with Crippen molar-refractivity contribution in [2.24, 2.45) is 5.16 Å². The number of carbonyl (C=O) groups is 1. The number of halogens is 2. The minimum atomic E-state index is -2.94. The standard InChI is InChI=1S/C14H16F2N2O4/c1-3-6-17-13(19)9-21-18-8-10-4-5-11(22-14(15)16)12(7-10)20-2/h3-5,7-8,14H,1,6,9H2,2H3,(H,17,19)/b18-8-. The van der Waals surface area contributed by atoms with Crippen molar-refractivity contribution in [3.63, 3.8) is 0 Å². The lowest BCUT2D eigenvalue weighted by Gasteiger charge is -2.09. The normalized spacial score (nSPS) is 10.5. The largest absolute Gasteiger partial charge is 0.493 e. The van der Waals surface area contributed by atoms with Crippen molar-refractivity contribution in [1.29, 1.82) is 0 Å². The van der Waals surface area contributed by atoms with Crippen LogP contribution in [0.25, 0.3) is 0 Å². The lowest BCUT2D eigenvalue weighted by molar-refractivity contribution is -0.125. The first-order valence-corrected chi connectivity index (χ1v) is 6.22. The molecule has 0 aromatic heterocycles. The summed E-state index contributed by atoms with van der Waals surface area (Å²) in [6.07, 6.45) is 2.85. The number of rotatable bonds is 9. The van der Waals surface area contributed by atoms with Crippen molar-refractivity contribution in [3.8, 4) is 11.5 Å². The zero-order valence-corrected chi connectivity index (χ0v) is 11.9. The van der Waals surface area contributed by atoms with Gasteiger partial charge in [0.05, 0.1) is 13.3 Å². The second-order valence-electron chi connectivity index (χ2n) is 3.89. The van der Waals surface area contributed by atoms with E-state index in [9.17, 15) is 13.6 Å². The summed E-state index contributed by atoms with van der Waals surface area (Å²) in [5.41, 5.74) is 0.532. The minimum absolute atomic E-state index is 0.0839. The first-order chi connectivity index (χ1) is 10.6. The molecule has 120 valence electrons. The van der Waals surface area contributed by atoms with Gasteiger partial charge in [-0.3, -0.25) is 4.79 Å². The van der Waals surface area contributed by atoms with E-state index >= 15 is 0 Å². The van der Waals surface area contributed by atoms with Gasteiger partial charge in [0.1, 0.15) is 0 Å². The van der Waals surface area contributed by atoms with Crippen LogP contribution in [0.4, 0.5) is 8.78 Å². The van der Waals surface area contributed by atoms with Crippen molar-refractivity contribution in [2.45, 2.75) is 6.61 Å². The molecule has 0 fully saturated rings. The fraction of sp³-hybridized carbons (Fsp3) is 0.286. The maximum absolute atomic E-state index is 12.2. The Labute approximate surface area is 126 Å². The highest BCUT2D eigenvalue weighted by molar-refractivity contribution is 5.81. The van der Waals surface area contributed by atoms with Crippen LogP contribution in [0.3, 0.4) is 0 Å². The highest BCUT2D eigenvalue weighted by atomic mass is 19.3. The number of carbonyl (C=O) groups excluding carboxylic acids is 1. The van der Waals surface area contributed by atoms with Gasteiger partial charge in [0.25, 0.3) is 5.91 Å². The van der Waals surface area contributed by atoms with Gasteiger partial charge in [0, 0.05) is 12.1 Å². The third kappa shape index (κ3) is 6.21. The highest BCUT2D eigenvalue weighted by Gasteiger charge is 2.10. The lowest BCUT2D eigenvalue weighted by atomic mass is 10.2. The molecule has 1 amide bonds. The number of hydrogen-bond acceptors (Lipinski definition) is 5. The van der Waals surface area contributed by atoms with Gasteiger partial charge in [-0.05, 0) is 18.2 Å². The molecule has 0 saturated carbocycles. The van der Waals surface area contributed by atoms with Crippen LogP contribution < -0.4 is 14.8 Å². The van der Waals surface area contributed by atoms with Crippen molar-refractivity contribution in [1.82, 2.24) is 5.32 Å². The average Bonchev–Trinajstić information content (AvgIpc) is 2.50. The lowest BCUT2D eigenvalue weighted by Crippen LogP contribution is -2.26. The first-order valence-electron chi connectivity index (χ1n) is 6.22. The molecule has 0 heterocycles. The van der Waals surface area contributed by atoms with Crippen LogP contribution in [0.15, 0.2) is 36.0 Å². The predicted octanol–water partition coefficient (Wildman–Crippen LogP) is 1.95. The molecular formula is C14H16F2N2O4. The molecule has 0 spiro atoms. The molecule has 1 rings (SSSR count). The Balaban J connectivity index is 2.56. The van der Waals surface area contributed by atoms with Crippen molar-refractivity contribution in [3.05, 3.63) is 36.4 Å². The third-order valence-electron chi connectivity index (χ3n) is 2.32. The summed E-state index contributed by atoms with van der Waals surface area (Å²) >= 11 is 0. The zero-order chi connectivity index (χ0) is 16.4. The Morgan fingerprint density at radius 3 is 2.86 bits per heavy atom. The number of nitrogens with one attached hydrogen (secondary N) is 1. The summed E-state index contributed by atoms with van der Waals surface area (Å²) in [6, 6.07) is 4.26. The molecule has 0 unspecified atom stereocenters. The fourth-order valence-electron chi connectivity index (χ4n) is 1.39. The van der Waals surface area contributed by atoms with Crippen LogP contribution in [-0.4, -0.2) is 39.0 Å². The molecule has 0 aliphatic heterocycles. The monoisotopic (exact) mass is 314 g/mol. The van der Waals surface area contributed by atoms with Crippen molar-refractivity contribution in [2.75, 3.05) is 20.3 Å². The van der Waals surface area contributed by atoms with Crippen LogP contribution in [0, 0.1) is 0 Å². The van der Waals surface area contributed by atoms with E-state index in [1.165, 1.54) is 37.6 Å². The molecule has 0 atom stereocenters. The topological polar surface area (TPSA) is 69.2 Å². The maximum Gasteiger partial charge on any atom is 0.387 e. The van der Waals surface area contributed by atoms with E-state index in [-0.39, 0.29) is 24.0 Å². The Kier molecular flexibility index (Phi) is 7.38. The summed E-state index contributed by atoms with van der Waals surface area (Å²) in [5.74, 6) is -0.289. The second kappa shape index (κ2) is 9.32. The number of benzene rings is 1. The Bertz CT molecular complexity index is 536. The van der Waals surface area contributed by atoms with E-state index in [0.717, 1.165) is 0 Å². The van der Waals surface area contributed by atoms with Crippen LogP contribution in [0.2, 0.25) is 0 Å². The molecule has 1 aromatic carbocycles. The molecule has 1 aromatic rings. The van der Waals surface area contributed by atoms with Gasteiger partial charge < -0.3 is 19.6 Å². The molecule has 0 aliphatic carbocycles. The average molecular weight is 314 g/mol. The van der Waals surface area contributed by atoms with Crippen molar-refractivity contribution < 1.29 is 27.9 Å². The van der Waals surface area contributed by atoms with Gasteiger partial charge in [-0.25, -0.2) is 0 Å². The van der Waals surface area contributed by atoms with Gasteiger partial charge in [-0.15, -0.1) is 6.58 Å². The summed E-state index contributed by atoms with van der Waals surface area (Å²) in [5, 5.41) is 6.11. The number of ether oxygens (including phenoxy) is 2. The maximum atomic E-state index is 12.2. The van der Waals surface area contributed by atoms with Crippen LogP contribution in [0.1, 0.15) is 5.56 Å². The SMILES string of the molecule is C=CCNC(=O)CO/N=C\c1ccc(OC(F)F)c(OC)c1. The van der Waals surface area contributed by atoms with Gasteiger partial charge in [-0.1, -0.05) is 11.2 Å². The minimum Gasteiger partial charge on any atom is -0.493 e. The van der Waals surface area contributed by atoms with E-state index in [1.807, 2.05) is 0 Å². The molecule has 0 aliphatic rings. The summed E-state index contributed by atoms with van der Waals surface area (Å²) in [6.45, 7) is 0.617. The number of hydrogen-bond donors (Lipinski definition) is 1.